The Morgan fingerprint density at radius 2 is 1.25 bits per heavy atom. The number of esters is 2. The Labute approximate surface area is 92.0 Å². The van der Waals surface area contributed by atoms with Crippen LogP contribution in [-0.2, 0) is 23.9 Å². The van der Waals surface area contributed by atoms with Gasteiger partial charge in [-0.3, -0.25) is 4.79 Å². The number of carbonyl (C=O) groups is 3. The maximum absolute atomic E-state index is 11.2. The van der Waals surface area contributed by atoms with E-state index in [1.54, 1.807) is 0 Å². The van der Waals surface area contributed by atoms with Gasteiger partial charge in [-0.1, -0.05) is 0 Å². The number of hydrogen-bond acceptors (Lipinski definition) is 7. The summed E-state index contributed by atoms with van der Waals surface area (Å²) < 4.78 is 8.38. The zero-order chi connectivity index (χ0) is 12.7. The van der Waals surface area contributed by atoms with E-state index < -0.39 is 42.8 Å². The lowest BCUT2D eigenvalue weighted by Crippen LogP contribution is -2.29. The van der Waals surface area contributed by atoms with Gasteiger partial charge in [0, 0.05) is 12.8 Å². The van der Waals surface area contributed by atoms with Crippen molar-refractivity contribution < 1.29 is 34.1 Å². The molecule has 0 aliphatic heterocycles. The van der Waals surface area contributed by atoms with E-state index >= 15 is 0 Å². The quantitative estimate of drug-likeness (QED) is 0.532. The van der Waals surface area contributed by atoms with Crippen molar-refractivity contribution in [3.05, 3.63) is 0 Å². The van der Waals surface area contributed by atoms with E-state index in [0.29, 0.717) is 0 Å². The predicted octanol–water partition coefficient (Wildman–Crippen LogP) is -1.60. The minimum atomic E-state index is -1.58. The van der Waals surface area contributed by atoms with Crippen molar-refractivity contribution in [2.75, 3.05) is 14.2 Å². The van der Waals surface area contributed by atoms with E-state index in [1.165, 1.54) is 0 Å². The molecule has 0 amide bonds. The van der Waals surface area contributed by atoms with Crippen LogP contribution in [0.2, 0.25) is 0 Å². The summed E-state index contributed by atoms with van der Waals surface area (Å²) in [6.07, 6.45) is -4.19. The number of Topliss-reactive ketones (excluding diaryl/α,β-unsaturated/α-hetero) is 1. The van der Waals surface area contributed by atoms with Crippen LogP contribution >= 0.6 is 0 Å². The fourth-order valence-corrected chi connectivity index (χ4v) is 0.953. The molecular weight excluding hydrogens is 220 g/mol. The van der Waals surface area contributed by atoms with Crippen molar-refractivity contribution in [1.82, 2.24) is 0 Å². The summed E-state index contributed by atoms with van der Waals surface area (Å²) in [5, 5.41) is 18.2. The van der Waals surface area contributed by atoms with Crippen molar-refractivity contribution in [1.29, 1.82) is 0 Å². The van der Waals surface area contributed by atoms with Crippen molar-refractivity contribution in [3.8, 4) is 0 Å². The van der Waals surface area contributed by atoms with Crippen molar-refractivity contribution >= 4 is 17.7 Å². The summed E-state index contributed by atoms with van der Waals surface area (Å²) in [6, 6.07) is 0. The van der Waals surface area contributed by atoms with Crippen LogP contribution in [0.3, 0.4) is 0 Å². The first-order valence-electron chi connectivity index (χ1n) is 4.45. The topological polar surface area (TPSA) is 110 Å². The van der Waals surface area contributed by atoms with E-state index in [2.05, 4.69) is 9.47 Å². The molecule has 92 valence electrons. The third-order valence-electron chi connectivity index (χ3n) is 1.79. The Hall–Kier alpha value is -1.47. The fourth-order valence-electron chi connectivity index (χ4n) is 0.953. The number of ether oxygens (including phenoxy) is 2. The van der Waals surface area contributed by atoms with Gasteiger partial charge in [0.15, 0.2) is 12.2 Å². The van der Waals surface area contributed by atoms with Crippen LogP contribution in [0.5, 0.6) is 0 Å². The largest absolute Gasteiger partial charge is 0.467 e. The van der Waals surface area contributed by atoms with Gasteiger partial charge in [-0.05, 0) is 0 Å². The lowest BCUT2D eigenvalue weighted by atomic mass is 10.1. The van der Waals surface area contributed by atoms with Gasteiger partial charge >= 0.3 is 11.9 Å². The molecule has 2 N–H and O–H groups in total. The molecule has 0 unspecified atom stereocenters. The van der Waals surface area contributed by atoms with E-state index in [0.717, 1.165) is 14.2 Å². The first-order valence-corrected chi connectivity index (χ1v) is 4.45. The smallest absolute Gasteiger partial charge is 0.335 e. The van der Waals surface area contributed by atoms with E-state index in [9.17, 15) is 14.4 Å². The molecule has 16 heavy (non-hydrogen) atoms. The Morgan fingerprint density at radius 3 is 1.50 bits per heavy atom. The van der Waals surface area contributed by atoms with E-state index in [1.807, 2.05) is 0 Å². The highest BCUT2D eigenvalue weighted by Gasteiger charge is 2.24. The van der Waals surface area contributed by atoms with Crippen molar-refractivity contribution in [3.63, 3.8) is 0 Å². The Kier molecular flexibility index (Phi) is 6.28. The molecule has 0 saturated heterocycles. The summed E-state index contributed by atoms with van der Waals surface area (Å²) in [5.74, 6) is -2.53. The maximum Gasteiger partial charge on any atom is 0.335 e. The zero-order valence-corrected chi connectivity index (χ0v) is 9.00. The normalized spacial score (nSPS) is 13.8. The van der Waals surface area contributed by atoms with Crippen LogP contribution in [0.1, 0.15) is 12.8 Å². The van der Waals surface area contributed by atoms with Crippen molar-refractivity contribution in [2.45, 2.75) is 25.0 Å². The Bertz CT molecular complexity index is 247. The lowest BCUT2D eigenvalue weighted by molar-refractivity contribution is -0.154. The summed E-state index contributed by atoms with van der Waals surface area (Å²) in [7, 11) is 2.14. The first-order chi connectivity index (χ1) is 7.42. The second-order valence-electron chi connectivity index (χ2n) is 3.02. The number of hydrogen-bond donors (Lipinski definition) is 2. The number of rotatable bonds is 6. The molecule has 0 aliphatic rings. The Balaban J connectivity index is 4.08. The third kappa shape index (κ3) is 4.85. The molecule has 0 aromatic heterocycles. The molecule has 0 spiro atoms. The molecule has 0 rings (SSSR count). The van der Waals surface area contributed by atoms with Gasteiger partial charge < -0.3 is 19.7 Å². The summed E-state index contributed by atoms with van der Waals surface area (Å²) in [5.41, 5.74) is 0. The molecule has 0 aliphatic carbocycles. The van der Waals surface area contributed by atoms with Gasteiger partial charge in [-0.15, -0.1) is 0 Å². The minimum absolute atomic E-state index is 0.513. The molecule has 7 heteroatoms. The van der Waals surface area contributed by atoms with Gasteiger partial charge in [0.25, 0.3) is 0 Å². The average Bonchev–Trinajstić information content (AvgIpc) is 2.26. The molecule has 0 aromatic carbocycles. The van der Waals surface area contributed by atoms with Gasteiger partial charge in [-0.25, -0.2) is 9.59 Å². The first kappa shape index (κ1) is 14.5. The highest BCUT2D eigenvalue weighted by molar-refractivity contribution is 5.89. The standard InChI is InChI=1S/C9H14O7/c1-15-8(13)6(11)3-5(10)4-7(12)9(14)16-2/h6-7,11-12H,3-4H2,1-2H3/t6-,7+. The molecular formula is C9H14O7. The highest BCUT2D eigenvalue weighted by Crippen LogP contribution is 2.03. The lowest BCUT2D eigenvalue weighted by Gasteiger charge is -2.09. The number of methoxy groups -OCH3 is 2. The van der Waals surface area contributed by atoms with Gasteiger partial charge in [-0.2, -0.15) is 0 Å². The molecule has 0 bridgehead atoms. The monoisotopic (exact) mass is 234 g/mol. The molecule has 2 atom stereocenters. The second-order valence-corrected chi connectivity index (χ2v) is 3.02. The highest BCUT2D eigenvalue weighted by atomic mass is 16.5. The van der Waals surface area contributed by atoms with Gasteiger partial charge in [0.1, 0.15) is 5.78 Å². The van der Waals surface area contributed by atoms with Crippen LogP contribution in [0.25, 0.3) is 0 Å². The second kappa shape index (κ2) is 6.91. The fraction of sp³-hybridized carbons (Fsp3) is 0.667. The van der Waals surface area contributed by atoms with Crippen LogP contribution in [0.15, 0.2) is 0 Å². The van der Waals surface area contributed by atoms with E-state index in [-0.39, 0.29) is 0 Å². The predicted molar refractivity (Wildman–Crippen MR) is 50.3 cm³/mol. The average molecular weight is 234 g/mol. The number of aliphatic hydroxyl groups is 2. The summed E-state index contributed by atoms with van der Waals surface area (Å²) in [6.45, 7) is 0. The summed E-state index contributed by atoms with van der Waals surface area (Å²) >= 11 is 0. The third-order valence-corrected chi connectivity index (χ3v) is 1.79. The van der Waals surface area contributed by atoms with Crippen LogP contribution in [0, 0.1) is 0 Å². The van der Waals surface area contributed by atoms with Crippen LogP contribution in [0.4, 0.5) is 0 Å². The SMILES string of the molecule is COC(=O)[C@H](O)CC(=O)C[C@H](O)C(=O)OC. The number of carbonyl (C=O) groups excluding carboxylic acids is 3. The number of aliphatic hydroxyl groups excluding tert-OH is 2. The minimum Gasteiger partial charge on any atom is -0.467 e. The van der Waals surface area contributed by atoms with E-state index in [4.69, 9.17) is 10.2 Å². The molecule has 7 nitrogen and oxygen atoms in total. The molecule has 0 aromatic rings. The molecule has 0 saturated carbocycles. The van der Waals surface area contributed by atoms with Gasteiger partial charge in [0.2, 0.25) is 0 Å². The van der Waals surface area contributed by atoms with Gasteiger partial charge in [0.05, 0.1) is 14.2 Å². The van der Waals surface area contributed by atoms with Crippen molar-refractivity contribution in [2.24, 2.45) is 0 Å². The molecule has 0 fully saturated rings. The van der Waals surface area contributed by atoms with Crippen LogP contribution in [-0.4, -0.2) is 54.4 Å². The zero-order valence-electron chi connectivity index (χ0n) is 9.00. The number of ketones is 1. The molecule has 0 radical (unpaired) electrons. The Morgan fingerprint density at radius 1 is 0.938 bits per heavy atom. The molecule has 0 heterocycles. The maximum atomic E-state index is 11.2. The summed E-state index contributed by atoms with van der Waals surface area (Å²) in [4.78, 5) is 32.7. The van der Waals surface area contributed by atoms with Crippen LogP contribution < -0.4 is 0 Å².